The summed E-state index contributed by atoms with van der Waals surface area (Å²) in [6, 6.07) is 12.6. The Kier molecular flexibility index (Phi) is 3.31. The van der Waals surface area contributed by atoms with E-state index >= 15 is 0 Å². The number of carbonyl (C=O) groups is 1. The molecule has 1 aromatic heterocycles. The maximum Gasteiger partial charge on any atom is 0.291 e. The summed E-state index contributed by atoms with van der Waals surface area (Å²) in [5.74, 6) is -0.0338. The maximum absolute atomic E-state index is 12.8. The van der Waals surface area contributed by atoms with Gasteiger partial charge in [-0.3, -0.25) is 4.79 Å². The Morgan fingerprint density at radius 1 is 1.19 bits per heavy atom. The third-order valence-electron chi connectivity index (χ3n) is 3.05. The molecule has 1 N–H and O–H groups in total. The number of benzene rings is 2. The predicted molar refractivity (Wildman–Crippen MR) is 77.1 cm³/mol. The molecule has 2 aromatic carbocycles. The van der Waals surface area contributed by atoms with Crippen molar-refractivity contribution in [3.05, 3.63) is 60.1 Å². The highest BCUT2D eigenvalue weighted by molar-refractivity contribution is 6.05. The van der Waals surface area contributed by atoms with Crippen molar-refractivity contribution in [1.82, 2.24) is 0 Å². The number of hydrogen-bond acceptors (Lipinski definition) is 3. The average Bonchev–Trinajstić information content (AvgIpc) is 2.93. The zero-order valence-corrected chi connectivity index (χ0v) is 11.2. The minimum atomic E-state index is -0.403. The van der Waals surface area contributed by atoms with Crippen molar-refractivity contribution >= 4 is 22.6 Å². The molecule has 0 aliphatic carbocycles. The molecule has 0 saturated carbocycles. The molecule has 0 fully saturated rings. The van der Waals surface area contributed by atoms with Crippen molar-refractivity contribution in [2.45, 2.75) is 0 Å². The second-order valence-corrected chi connectivity index (χ2v) is 4.45. The number of amides is 1. The van der Waals surface area contributed by atoms with E-state index in [0.29, 0.717) is 17.0 Å². The van der Waals surface area contributed by atoms with E-state index in [-0.39, 0.29) is 11.6 Å². The summed E-state index contributed by atoms with van der Waals surface area (Å²) in [6.07, 6.45) is 0. The number of para-hydroxylation sites is 1. The van der Waals surface area contributed by atoms with Crippen molar-refractivity contribution in [3.8, 4) is 5.75 Å². The molecule has 0 saturated heterocycles. The Balaban J connectivity index is 1.89. The van der Waals surface area contributed by atoms with Crippen LogP contribution in [0.1, 0.15) is 10.6 Å². The number of fused-ring (bicyclic) bond motifs is 1. The summed E-state index contributed by atoms with van der Waals surface area (Å²) in [6.45, 7) is 0. The summed E-state index contributed by atoms with van der Waals surface area (Å²) < 4.78 is 23.5. The molecule has 5 heteroatoms. The first-order chi connectivity index (χ1) is 10.2. The molecule has 0 radical (unpaired) electrons. The summed E-state index contributed by atoms with van der Waals surface area (Å²) >= 11 is 0. The highest BCUT2D eigenvalue weighted by Crippen LogP contribution is 2.28. The zero-order valence-electron chi connectivity index (χ0n) is 11.2. The van der Waals surface area contributed by atoms with E-state index in [9.17, 15) is 9.18 Å². The Labute approximate surface area is 120 Å². The van der Waals surface area contributed by atoms with Gasteiger partial charge < -0.3 is 14.5 Å². The third kappa shape index (κ3) is 2.58. The number of nitrogens with one attached hydrogen (secondary N) is 1. The van der Waals surface area contributed by atoms with Crippen LogP contribution in [0, 0.1) is 5.82 Å². The lowest BCUT2D eigenvalue weighted by atomic mass is 10.2. The summed E-state index contributed by atoms with van der Waals surface area (Å²) in [5, 5.41) is 3.42. The van der Waals surface area contributed by atoms with E-state index in [4.69, 9.17) is 9.15 Å². The van der Waals surface area contributed by atoms with Crippen LogP contribution in [0.4, 0.5) is 10.1 Å². The van der Waals surface area contributed by atoms with Crippen molar-refractivity contribution in [2.24, 2.45) is 0 Å². The van der Waals surface area contributed by atoms with Gasteiger partial charge in [0, 0.05) is 11.1 Å². The van der Waals surface area contributed by atoms with Crippen LogP contribution in [-0.4, -0.2) is 13.0 Å². The van der Waals surface area contributed by atoms with E-state index in [0.717, 1.165) is 5.39 Å². The Bertz CT molecular complexity index is 793. The lowest BCUT2D eigenvalue weighted by Gasteiger charge is -2.02. The highest BCUT2D eigenvalue weighted by atomic mass is 19.1. The van der Waals surface area contributed by atoms with Crippen molar-refractivity contribution < 1.29 is 18.3 Å². The summed E-state index contributed by atoms with van der Waals surface area (Å²) in [7, 11) is 1.54. The van der Waals surface area contributed by atoms with E-state index in [1.54, 1.807) is 12.1 Å². The van der Waals surface area contributed by atoms with Crippen LogP contribution in [0.5, 0.6) is 5.75 Å². The number of anilines is 1. The van der Waals surface area contributed by atoms with Gasteiger partial charge in [0.15, 0.2) is 17.1 Å². The van der Waals surface area contributed by atoms with Crippen LogP contribution < -0.4 is 10.1 Å². The van der Waals surface area contributed by atoms with Gasteiger partial charge in [0.25, 0.3) is 5.91 Å². The molecule has 0 aliphatic heterocycles. The monoisotopic (exact) mass is 285 g/mol. The Morgan fingerprint density at radius 3 is 2.67 bits per heavy atom. The molecule has 21 heavy (non-hydrogen) atoms. The fourth-order valence-corrected chi connectivity index (χ4v) is 2.03. The number of rotatable bonds is 3. The van der Waals surface area contributed by atoms with Gasteiger partial charge in [-0.2, -0.15) is 0 Å². The Morgan fingerprint density at radius 2 is 1.95 bits per heavy atom. The molecule has 3 aromatic rings. The number of ether oxygens (including phenoxy) is 1. The first-order valence-electron chi connectivity index (χ1n) is 6.31. The molecule has 4 nitrogen and oxygen atoms in total. The quantitative estimate of drug-likeness (QED) is 0.795. The molecule has 0 atom stereocenters. The van der Waals surface area contributed by atoms with Crippen LogP contribution in [0.3, 0.4) is 0 Å². The van der Waals surface area contributed by atoms with E-state index in [2.05, 4.69) is 5.32 Å². The van der Waals surface area contributed by atoms with Crippen LogP contribution in [0.2, 0.25) is 0 Å². The van der Waals surface area contributed by atoms with E-state index in [1.807, 2.05) is 12.1 Å². The van der Waals surface area contributed by atoms with Gasteiger partial charge in [-0.1, -0.05) is 12.1 Å². The fraction of sp³-hybridized carbons (Fsp3) is 0.0625. The lowest BCUT2D eigenvalue weighted by molar-refractivity contribution is 0.0998. The van der Waals surface area contributed by atoms with Gasteiger partial charge >= 0.3 is 0 Å². The molecule has 1 amide bonds. The standard InChI is InChI=1S/C16H12FNO3/c1-20-13-4-2-3-10-9-14(21-15(10)13)16(19)18-12-7-5-11(17)6-8-12/h2-9H,1H3,(H,18,19). The minimum Gasteiger partial charge on any atom is -0.493 e. The molecule has 106 valence electrons. The smallest absolute Gasteiger partial charge is 0.291 e. The van der Waals surface area contributed by atoms with Crippen molar-refractivity contribution in [1.29, 1.82) is 0 Å². The normalized spacial score (nSPS) is 10.6. The van der Waals surface area contributed by atoms with Gasteiger partial charge in [0.05, 0.1) is 7.11 Å². The molecule has 1 heterocycles. The molecule has 0 spiro atoms. The number of methoxy groups -OCH3 is 1. The second kappa shape index (κ2) is 5.28. The molecular formula is C16H12FNO3. The Hall–Kier alpha value is -2.82. The molecular weight excluding hydrogens is 273 g/mol. The number of hydrogen-bond donors (Lipinski definition) is 1. The number of furan rings is 1. The van der Waals surface area contributed by atoms with Crippen LogP contribution in [0.15, 0.2) is 52.9 Å². The topological polar surface area (TPSA) is 51.5 Å². The third-order valence-corrected chi connectivity index (χ3v) is 3.05. The first kappa shape index (κ1) is 13.2. The lowest BCUT2D eigenvalue weighted by Crippen LogP contribution is -2.10. The largest absolute Gasteiger partial charge is 0.493 e. The number of halogens is 1. The molecule has 0 unspecified atom stereocenters. The van der Waals surface area contributed by atoms with Crippen LogP contribution in [0.25, 0.3) is 11.0 Å². The SMILES string of the molecule is COc1cccc2cc(C(=O)Nc3ccc(F)cc3)oc12. The zero-order chi connectivity index (χ0) is 14.8. The summed E-state index contributed by atoms with van der Waals surface area (Å²) in [5.41, 5.74) is 1.01. The molecule has 0 bridgehead atoms. The van der Waals surface area contributed by atoms with Gasteiger partial charge in [0.2, 0.25) is 0 Å². The van der Waals surface area contributed by atoms with Crippen LogP contribution in [-0.2, 0) is 0 Å². The van der Waals surface area contributed by atoms with Crippen molar-refractivity contribution in [2.75, 3.05) is 12.4 Å². The van der Waals surface area contributed by atoms with Gasteiger partial charge in [-0.25, -0.2) is 4.39 Å². The predicted octanol–water partition coefficient (Wildman–Crippen LogP) is 3.83. The van der Waals surface area contributed by atoms with Crippen LogP contribution >= 0.6 is 0 Å². The average molecular weight is 285 g/mol. The van der Waals surface area contributed by atoms with Crippen molar-refractivity contribution in [3.63, 3.8) is 0 Å². The highest BCUT2D eigenvalue weighted by Gasteiger charge is 2.14. The number of carbonyl (C=O) groups excluding carboxylic acids is 1. The van der Waals surface area contributed by atoms with E-state index in [1.165, 1.54) is 31.4 Å². The minimum absolute atomic E-state index is 0.166. The van der Waals surface area contributed by atoms with Gasteiger partial charge in [-0.05, 0) is 36.4 Å². The second-order valence-electron chi connectivity index (χ2n) is 4.45. The first-order valence-corrected chi connectivity index (χ1v) is 6.31. The van der Waals surface area contributed by atoms with E-state index < -0.39 is 5.91 Å². The maximum atomic E-state index is 12.8. The summed E-state index contributed by atoms with van der Waals surface area (Å²) in [4.78, 5) is 12.1. The van der Waals surface area contributed by atoms with Gasteiger partial charge in [-0.15, -0.1) is 0 Å². The fourth-order valence-electron chi connectivity index (χ4n) is 2.03. The molecule has 3 rings (SSSR count). The van der Waals surface area contributed by atoms with Gasteiger partial charge in [0.1, 0.15) is 5.82 Å². The molecule has 0 aliphatic rings.